The van der Waals surface area contributed by atoms with Gasteiger partial charge in [0, 0.05) is 10.8 Å². The predicted molar refractivity (Wildman–Crippen MR) is 60.4 cm³/mol. The molecule has 74 valence electrons. The molecule has 0 aliphatic carbocycles. The molecule has 1 aromatic heterocycles. The van der Waals surface area contributed by atoms with Crippen LogP contribution in [0.3, 0.4) is 0 Å². The summed E-state index contributed by atoms with van der Waals surface area (Å²) in [6.07, 6.45) is 3.63. The van der Waals surface area contributed by atoms with E-state index in [1.54, 1.807) is 0 Å². The summed E-state index contributed by atoms with van der Waals surface area (Å²) < 4.78 is 0. The second-order valence-corrected chi connectivity index (χ2v) is 3.02. The first kappa shape index (κ1) is 10.6. The Balaban J connectivity index is 0.000000461. The van der Waals surface area contributed by atoms with Crippen LogP contribution in [0.4, 0.5) is 0 Å². The third kappa shape index (κ3) is 1.90. The quantitative estimate of drug-likeness (QED) is 0.634. The van der Waals surface area contributed by atoms with Gasteiger partial charge in [0.05, 0.1) is 12.4 Å². The van der Waals surface area contributed by atoms with Crippen LogP contribution in [0.5, 0.6) is 0 Å². The molecule has 0 bridgehead atoms. The highest BCUT2D eigenvalue weighted by atomic mass is 15.1. The molecule has 0 unspecified atom stereocenters. The molecule has 0 aliphatic rings. The molecule has 0 saturated carbocycles. The van der Waals surface area contributed by atoms with Crippen LogP contribution in [0.25, 0.3) is 10.8 Å². The van der Waals surface area contributed by atoms with E-state index >= 15 is 0 Å². The van der Waals surface area contributed by atoms with Crippen molar-refractivity contribution in [3.63, 3.8) is 0 Å². The van der Waals surface area contributed by atoms with Crippen molar-refractivity contribution in [2.45, 2.75) is 27.7 Å². The fraction of sp³-hybridized carbons (Fsp3) is 0.333. The van der Waals surface area contributed by atoms with Crippen LogP contribution in [0, 0.1) is 13.8 Å². The summed E-state index contributed by atoms with van der Waals surface area (Å²) in [5.74, 6) is 0. The minimum absolute atomic E-state index is 1.20. The molecule has 0 spiro atoms. The molecule has 0 fully saturated rings. The van der Waals surface area contributed by atoms with Crippen LogP contribution in [0.1, 0.15) is 25.0 Å². The molecule has 2 heteroatoms. The van der Waals surface area contributed by atoms with Crippen molar-refractivity contribution in [1.82, 2.24) is 10.2 Å². The van der Waals surface area contributed by atoms with E-state index in [1.165, 1.54) is 21.9 Å². The van der Waals surface area contributed by atoms with Gasteiger partial charge < -0.3 is 0 Å². The molecule has 0 amide bonds. The Morgan fingerprint density at radius 3 is 1.50 bits per heavy atom. The predicted octanol–water partition coefficient (Wildman–Crippen LogP) is 3.27. The number of nitrogens with zero attached hydrogens (tertiary/aromatic N) is 2. The third-order valence-electron chi connectivity index (χ3n) is 2.16. The lowest BCUT2D eigenvalue weighted by molar-refractivity contribution is 1.05. The molecule has 1 heterocycles. The van der Waals surface area contributed by atoms with Crippen molar-refractivity contribution in [2.75, 3.05) is 0 Å². The molecule has 14 heavy (non-hydrogen) atoms. The van der Waals surface area contributed by atoms with E-state index in [4.69, 9.17) is 0 Å². The van der Waals surface area contributed by atoms with Crippen molar-refractivity contribution in [3.05, 3.63) is 35.7 Å². The molecule has 0 aliphatic heterocycles. The third-order valence-corrected chi connectivity index (χ3v) is 2.16. The van der Waals surface area contributed by atoms with Gasteiger partial charge in [0.25, 0.3) is 0 Å². The Morgan fingerprint density at radius 1 is 0.786 bits per heavy atom. The summed E-state index contributed by atoms with van der Waals surface area (Å²) in [4.78, 5) is 0. The lowest BCUT2D eigenvalue weighted by Crippen LogP contribution is -1.86. The average molecular weight is 188 g/mol. The van der Waals surface area contributed by atoms with Crippen LogP contribution < -0.4 is 0 Å². The second-order valence-electron chi connectivity index (χ2n) is 3.02. The average Bonchev–Trinajstić information content (AvgIpc) is 2.27. The molecule has 1 aromatic carbocycles. The van der Waals surface area contributed by atoms with E-state index in [1.807, 2.05) is 26.2 Å². The Morgan fingerprint density at radius 2 is 1.14 bits per heavy atom. The van der Waals surface area contributed by atoms with Crippen molar-refractivity contribution in [2.24, 2.45) is 0 Å². The number of aryl methyl sites for hydroxylation is 2. The fourth-order valence-electron chi connectivity index (χ4n) is 1.38. The standard InChI is InChI=1S/C10H10N2.C2H6/c1-7-3-4-8(2)10-6-12-11-5-9(7)10;1-2/h3-6H,1-2H3;1-2H3. The number of fused-ring (bicyclic) bond motifs is 1. The van der Waals surface area contributed by atoms with Gasteiger partial charge in [-0.25, -0.2) is 0 Å². The monoisotopic (exact) mass is 188 g/mol. The molecule has 2 nitrogen and oxygen atoms in total. The lowest BCUT2D eigenvalue weighted by Gasteiger charge is -2.02. The van der Waals surface area contributed by atoms with E-state index in [2.05, 4.69) is 36.2 Å². The normalized spacial score (nSPS) is 9.43. The van der Waals surface area contributed by atoms with Gasteiger partial charge in [0.15, 0.2) is 0 Å². The highest BCUT2D eigenvalue weighted by molar-refractivity contribution is 5.86. The molecular weight excluding hydrogens is 172 g/mol. The largest absolute Gasteiger partial charge is 0.158 e. The van der Waals surface area contributed by atoms with Gasteiger partial charge >= 0.3 is 0 Å². The number of aromatic nitrogens is 2. The zero-order valence-electron chi connectivity index (χ0n) is 9.20. The van der Waals surface area contributed by atoms with E-state index in [-0.39, 0.29) is 0 Å². The topological polar surface area (TPSA) is 25.8 Å². The first-order valence-electron chi connectivity index (χ1n) is 4.95. The molecular formula is C12H16N2. The molecule has 0 saturated heterocycles. The highest BCUT2D eigenvalue weighted by Crippen LogP contribution is 2.19. The van der Waals surface area contributed by atoms with Crippen molar-refractivity contribution in [1.29, 1.82) is 0 Å². The van der Waals surface area contributed by atoms with Crippen LogP contribution >= 0.6 is 0 Å². The SMILES string of the molecule is CC.Cc1ccc(C)c2cnncc12. The maximum atomic E-state index is 3.86. The molecule has 2 aromatic rings. The maximum Gasteiger partial charge on any atom is 0.0577 e. The van der Waals surface area contributed by atoms with Crippen LogP contribution in [0.2, 0.25) is 0 Å². The minimum atomic E-state index is 1.20. The molecule has 0 atom stereocenters. The summed E-state index contributed by atoms with van der Waals surface area (Å²) in [5.41, 5.74) is 2.51. The minimum Gasteiger partial charge on any atom is -0.158 e. The van der Waals surface area contributed by atoms with Crippen molar-refractivity contribution < 1.29 is 0 Å². The first-order chi connectivity index (χ1) is 6.79. The van der Waals surface area contributed by atoms with Crippen molar-refractivity contribution in [3.8, 4) is 0 Å². The summed E-state index contributed by atoms with van der Waals surface area (Å²) in [6, 6.07) is 4.22. The Hall–Kier alpha value is -1.44. The van der Waals surface area contributed by atoms with Crippen LogP contribution in [-0.2, 0) is 0 Å². The summed E-state index contributed by atoms with van der Waals surface area (Å²) >= 11 is 0. The zero-order chi connectivity index (χ0) is 10.6. The maximum absolute atomic E-state index is 3.86. The summed E-state index contributed by atoms with van der Waals surface area (Å²) in [6.45, 7) is 8.17. The second kappa shape index (κ2) is 4.70. The number of rotatable bonds is 0. The zero-order valence-corrected chi connectivity index (χ0v) is 9.20. The van der Waals surface area contributed by atoms with Gasteiger partial charge in [-0.2, -0.15) is 10.2 Å². The number of hydrogen-bond acceptors (Lipinski definition) is 2. The van der Waals surface area contributed by atoms with E-state index < -0.39 is 0 Å². The van der Waals surface area contributed by atoms with E-state index in [0.29, 0.717) is 0 Å². The summed E-state index contributed by atoms with van der Waals surface area (Å²) in [5, 5.41) is 10.1. The van der Waals surface area contributed by atoms with Crippen LogP contribution in [0.15, 0.2) is 24.5 Å². The summed E-state index contributed by atoms with van der Waals surface area (Å²) in [7, 11) is 0. The highest BCUT2D eigenvalue weighted by Gasteiger charge is 1.98. The van der Waals surface area contributed by atoms with E-state index in [9.17, 15) is 0 Å². The number of hydrogen-bond donors (Lipinski definition) is 0. The van der Waals surface area contributed by atoms with Gasteiger partial charge in [-0.1, -0.05) is 26.0 Å². The lowest BCUT2D eigenvalue weighted by atomic mass is 10.0. The first-order valence-corrected chi connectivity index (χ1v) is 4.95. The molecule has 2 rings (SSSR count). The van der Waals surface area contributed by atoms with Crippen molar-refractivity contribution >= 4 is 10.8 Å². The van der Waals surface area contributed by atoms with E-state index in [0.717, 1.165) is 0 Å². The van der Waals surface area contributed by atoms with Gasteiger partial charge in [-0.15, -0.1) is 0 Å². The Labute approximate surface area is 85.0 Å². The molecule has 0 radical (unpaired) electrons. The van der Waals surface area contributed by atoms with Gasteiger partial charge in [-0.05, 0) is 25.0 Å². The van der Waals surface area contributed by atoms with Crippen LogP contribution in [-0.4, -0.2) is 10.2 Å². The Bertz CT molecular complexity index is 381. The van der Waals surface area contributed by atoms with Gasteiger partial charge in [0.1, 0.15) is 0 Å². The smallest absolute Gasteiger partial charge is 0.0577 e. The van der Waals surface area contributed by atoms with Gasteiger partial charge in [0.2, 0.25) is 0 Å². The van der Waals surface area contributed by atoms with Gasteiger partial charge in [-0.3, -0.25) is 0 Å². The Kier molecular flexibility index (Phi) is 3.57. The number of benzene rings is 1. The molecule has 0 N–H and O–H groups in total. The fourth-order valence-corrected chi connectivity index (χ4v) is 1.38.